The number of carbonyl (C=O) groups is 2. The van der Waals surface area contributed by atoms with E-state index in [0.29, 0.717) is 28.7 Å². The van der Waals surface area contributed by atoms with Gasteiger partial charge in [-0.3, -0.25) is 4.79 Å². The predicted octanol–water partition coefficient (Wildman–Crippen LogP) is 3.72. The zero-order valence-corrected chi connectivity index (χ0v) is 16.5. The number of benzene rings is 1. The van der Waals surface area contributed by atoms with Crippen molar-refractivity contribution in [2.75, 3.05) is 20.3 Å². The van der Waals surface area contributed by atoms with Gasteiger partial charge in [0.2, 0.25) is 0 Å². The SMILES string of the molecule is CCN(Cc1ccc(Cl)s1)C(=O)COC(=O)/C=C/c1ccc(O)c(OC)c1. The fourth-order valence-electron chi connectivity index (χ4n) is 2.24. The minimum Gasteiger partial charge on any atom is -0.504 e. The van der Waals surface area contributed by atoms with Crippen LogP contribution in [0.3, 0.4) is 0 Å². The van der Waals surface area contributed by atoms with E-state index in [1.165, 1.54) is 36.7 Å². The molecule has 1 amide bonds. The lowest BCUT2D eigenvalue weighted by Crippen LogP contribution is -2.33. The summed E-state index contributed by atoms with van der Waals surface area (Å²) in [7, 11) is 1.44. The first-order valence-electron chi connectivity index (χ1n) is 8.16. The monoisotopic (exact) mass is 409 g/mol. The van der Waals surface area contributed by atoms with E-state index >= 15 is 0 Å². The third-order valence-corrected chi connectivity index (χ3v) is 4.88. The summed E-state index contributed by atoms with van der Waals surface area (Å²) >= 11 is 7.31. The zero-order valence-electron chi connectivity index (χ0n) is 15.0. The summed E-state index contributed by atoms with van der Waals surface area (Å²) in [6, 6.07) is 8.31. The van der Waals surface area contributed by atoms with E-state index in [1.54, 1.807) is 23.1 Å². The molecule has 0 aliphatic heterocycles. The molecule has 1 N–H and O–H groups in total. The van der Waals surface area contributed by atoms with Gasteiger partial charge in [0.25, 0.3) is 5.91 Å². The highest BCUT2D eigenvalue weighted by molar-refractivity contribution is 7.16. The maximum absolute atomic E-state index is 12.2. The van der Waals surface area contributed by atoms with Crippen molar-refractivity contribution in [3.8, 4) is 11.5 Å². The minimum atomic E-state index is -0.634. The average molecular weight is 410 g/mol. The summed E-state index contributed by atoms with van der Waals surface area (Å²) in [6.07, 6.45) is 2.73. The Hall–Kier alpha value is -2.51. The fourth-order valence-corrected chi connectivity index (χ4v) is 3.34. The molecular weight excluding hydrogens is 390 g/mol. The molecule has 27 heavy (non-hydrogen) atoms. The Kier molecular flexibility index (Phi) is 7.69. The second-order valence-electron chi connectivity index (χ2n) is 5.49. The Morgan fingerprint density at radius 3 is 2.70 bits per heavy atom. The van der Waals surface area contributed by atoms with Gasteiger partial charge in [0.1, 0.15) is 0 Å². The lowest BCUT2D eigenvalue weighted by atomic mass is 10.2. The number of phenols is 1. The van der Waals surface area contributed by atoms with Gasteiger partial charge in [-0.25, -0.2) is 4.79 Å². The summed E-state index contributed by atoms with van der Waals surface area (Å²) in [5, 5.41) is 9.55. The van der Waals surface area contributed by atoms with Crippen molar-refractivity contribution < 1.29 is 24.2 Å². The van der Waals surface area contributed by atoms with Crippen LogP contribution in [0.1, 0.15) is 17.4 Å². The molecule has 2 rings (SSSR count). The van der Waals surface area contributed by atoms with Crippen LogP contribution in [0.15, 0.2) is 36.4 Å². The highest BCUT2D eigenvalue weighted by atomic mass is 35.5. The van der Waals surface area contributed by atoms with Crippen molar-refractivity contribution in [2.24, 2.45) is 0 Å². The topological polar surface area (TPSA) is 76.1 Å². The van der Waals surface area contributed by atoms with Gasteiger partial charge >= 0.3 is 5.97 Å². The Labute approximate surface area is 166 Å². The van der Waals surface area contributed by atoms with Gasteiger partial charge in [0.05, 0.1) is 18.0 Å². The van der Waals surface area contributed by atoms with Crippen molar-refractivity contribution in [1.82, 2.24) is 4.90 Å². The van der Waals surface area contributed by atoms with Gasteiger partial charge in [-0.15, -0.1) is 11.3 Å². The maximum Gasteiger partial charge on any atom is 0.331 e. The van der Waals surface area contributed by atoms with E-state index in [4.69, 9.17) is 21.1 Å². The van der Waals surface area contributed by atoms with Gasteiger partial charge in [-0.2, -0.15) is 0 Å². The number of aromatic hydroxyl groups is 1. The number of nitrogens with zero attached hydrogens (tertiary/aromatic N) is 1. The molecule has 0 radical (unpaired) electrons. The predicted molar refractivity (Wildman–Crippen MR) is 105 cm³/mol. The molecule has 0 unspecified atom stereocenters. The van der Waals surface area contributed by atoms with E-state index in [2.05, 4.69) is 0 Å². The van der Waals surface area contributed by atoms with Gasteiger partial charge in [-0.1, -0.05) is 17.7 Å². The molecule has 0 bridgehead atoms. The van der Waals surface area contributed by atoms with Gasteiger partial charge < -0.3 is 19.5 Å². The zero-order chi connectivity index (χ0) is 19.8. The summed E-state index contributed by atoms with van der Waals surface area (Å²) in [5.41, 5.74) is 0.651. The number of hydrogen-bond donors (Lipinski definition) is 1. The van der Waals surface area contributed by atoms with Crippen LogP contribution in [0.5, 0.6) is 11.5 Å². The molecule has 1 aromatic carbocycles. The summed E-state index contributed by atoms with van der Waals surface area (Å²) in [6.45, 7) is 2.44. The molecule has 1 heterocycles. The van der Waals surface area contributed by atoms with Gasteiger partial charge in [-0.05, 0) is 42.8 Å². The van der Waals surface area contributed by atoms with Crippen molar-refractivity contribution in [2.45, 2.75) is 13.5 Å². The molecule has 0 saturated carbocycles. The molecule has 1 aromatic heterocycles. The molecule has 0 saturated heterocycles. The van der Waals surface area contributed by atoms with Crippen molar-refractivity contribution in [3.05, 3.63) is 51.2 Å². The van der Waals surface area contributed by atoms with E-state index in [0.717, 1.165) is 4.88 Å². The largest absolute Gasteiger partial charge is 0.504 e. The molecule has 0 aliphatic carbocycles. The minimum absolute atomic E-state index is 0.00880. The van der Waals surface area contributed by atoms with E-state index in [-0.39, 0.29) is 18.3 Å². The lowest BCUT2D eigenvalue weighted by Gasteiger charge is -2.19. The summed E-state index contributed by atoms with van der Waals surface area (Å²) in [4.78, 5) is 26.6. The van der Waals surface area contributed by atoms with Crippen LogP contribution in [0.2, 0.25) is 4.34 Å². The van der Waals surface area contributed by atoms with E-state index in [1.807, 2.05) is 13.0 Å². The number of hydrogen-bond acceptors (Lipinski definition) is 6. The first kappa shape index (κ1) is 20.8. The van der Waals surface area contributed by atoms with Crippen molar-refractivity contribution >= 4 is 40.9 Å². The molecule has 144 valence electrons. The number of ether oxygens (including phenoxy) is 2. The number of amides is 1. The van der Waals surface area contributed by atoms with Gasteiger partial charge in [0.15, 0.2) is 18.1 Å². The lowest BCUT2D eigenvalue weighted by molar-refractivity contribution is -0.148. The average Bonchev–Trinajstić information content (AvgIpc) is 3.08. The molecule has 8 heteroatoms. The van der Waals surface area contributed by atoms with Crippen LogP contribution in [0, 0.1) is 0 Å². The highest BCUT2D eigenvalue weighted by Crippen LogP contribution is 2.26. The van der Waals surface area contributed by atoms with Crippen LogP contribution in [-0.4, -0.2) is 42.1 Å². The second-order valence-corrected chi connectivity index (χ2v) is 7.29. The van der Waals surface area contributed by atoms with Crippen LogP contribution in [0.4, 0.5) is 0 Å². The Morgan fingerprint density at radius 1 is 1.30 bits per heavy atom. The molecule has 0 spiro atoms. The first-order valence-corrected chi connectivity index (χ1v) is 9.36. The first-order chi connectivity index (χ1) is 12.9. The molecule has 0 atom stereocenters. The standard InChI is InChI=1S/C19H20ClNO5S/c1-3-21(11-14-6-8-17(20)27-14)18(23)12-26-19(24)9-5-13-4-7-15(22)16(10-13)25-2/h4-10,22H,3,11-12H2,1-2H3/b9-5+. The number of methoxy groups -OCH3 is 1. The fraction of sp³-hybridized carbons (Fsp3) is 0.263. The normalized spacial score (nSPS) is 10.8. The number of likely N-dealkylation sites (N-methyl/N-ethyl adjacent to an activating group) is 1. The smallest absolute Gasteiger partial charge is 0.331 e. The quantitative estimate of drug-likeness (QED) is 0.531. The number of esters is 1. The Bertz CT molecular complexity index is 833. The molecular formula is C19H20ClNO5S. The number of thiophene rings is 1. The summed E-state index contributed by atoms with van der Waals surface area (Å²) in [5.74, 6) is -0.608. The molecule has 0 fully saturated rings. The number of halogens is 1. The number of rotatable bonds is 8. The van der Waals surface area contributed by atoms with Crippen LogP contribution >= 0.6 is 22.9 Å². The maximum atomic E-state index is 12.2. The van der Waals surface area contributed by atoms with Crippen molar-refractivity contribution in [1.29, 1.82) is 0 Å². The summed E-state index contributed by atoms with van der Waals surface area (Å²) < 4.78 is 10.7. The third kappa shape index (κ3) is 6.30. The molecule has 2 aromatic rings. The number of carbonyl (C=O) groups excluding carboxylic acids is 2. The molecule has 6 nitrogen and oxygen atoms in total. The Morgan fingerprint density at radius 2 is 2.07 bits per heavy atom. The third-order valence-electron chi connectivity index (χ3n) is 3.66. The highest BCUT2D eigenvalue weighted by Gasteiger charge is 2.15. The van der Waals surface area contributed by atoms with E-state index in [9.17, 15) is 14.7 Å². The van der Waals surface area contributed by atoms with Crippen molar-refractivity contribution in [3.63, 3.8) is 0 Å². The molecule has 0 aliphatic rings. The second kappa shape index (κ2) is 9.99. The van der Waals surface area contributed by atoms with Crippen LogP contribution in [-0.2, 0) is 20.9 Å². The van der Waals surface area contributed by atoms with Crippen LogP contribution in [0.25, 0.3) is 6.08 Å². The van der Waals surface area contributed by atoms with E-state index < -0.39 is 5.97 Å². The van der Waals surface area contributed by atoms with Gasteiger partial charge in [0, 0.05) is 17.5 Å². The number of phenolic OH excluding ortho intramolecular Hbond substituents is 1. The Balaban J connectivity index is 1.87. The van der Waals surface area contributed by atoms with Crippen LogP contribution < -0.4 is 4.74 Å².